The van der Waals surface area contributed by atoms with Gasteiger partial charge in [-0.3, -0.25) is 14.4 Å². The molecule has 6 heteroatoms. The van der Waals surface area contributed by atoms with Gasteiger partial charge in [0.25, 0.3) is 0 Å². The maximum Gasteiger partial charge on any atom is 0.306 e. The van der Waals surface area contributed by atoms with Crippen molar-refractivity contribution in [3.05, 3.63) is 182 Å². The average molecular weight is 1090 g/mol. The van der Waals surface area contributed by atoms with E-state index in [1.807, 2.05) is 0 Å². The molecule has 0 aromatic heterocycles. The van der Waals surface area contributed by atoms with Gasteiger partial charge in [0.1, 0.15) is 13.2 Å². The van der Waals surface area contributed by atoms with Crippen molar-refractivity contribution in [2.45, 2.75) is 245 Å². The summed E-state index contributed by atoms with van der Waals surface area (Å²) >= 11 is 0. The highest BCUT2D eigenvalue weighted by molar-refractivity contribution is 5.71. The van der Waals surface area contributed by atoms with Crippen molar-refractivity contribution in [3.8, 4) is 0 Å². The molecule has 79 heavy (non-hydrogen) atoms. The Morgan fingerprint density at radius 2 is 0.506 bits per heavy atom. The van der Waals surface area contributed by atoms with Crippen LogP contribution in [0.2, 0.25) is 0 Å². The average Bonchev–Trinajstić information content (AvgIpc) is 3.45. The molecular formula is C73H112O6. The third kappa shape index (κ3) is 63.2. The molecule has 0 aliphatic heterocycles. The highest BCUT2D eigenvalue weighted by Gasteiger charge is 2.19. The van der Waals surface area contributed by atoms with E-state index in [0.29, 0.717) is 19.3 Å². The smallest absolute Gasteiger partial charge is 0.306 e. The minimum absolute atomic E-state index is 0.121. The van der Waals surface area contributed by atoms with E-state index in [4.69, 9.17) is 14.2 Å². The number of unbranched alkanes of at least 4 members (excludes halogenated alkanes) is 13. The van der Waals surface area contributed by atoms with Crippen molar-refractivity contribution in [2.24, 2.45) is 0 Å². The number of hydrogen-bond acceptors (Lipinski definition) is 6. The molecule has 0 amide bonds. The molecule has 1 atom stereocenters. The molecule has 0 fully saturated rings. The molecule has 0 rings (SSSR count). The third-order valence-electron chi connectivity index (χ3n) is 12.4. The Balaban J connectivity index is 4.51. The molecule has 0 radical (unpaired) electrons. The normalized spacial score (nSPS) is 13.4. The zero-order valence-electron chi connectivity index (χ0n) is 50.3. The van der Waals surface area contributed by atoms with Gasteiger partial charge in [0, 0.05) is 19.3 Å². The summed E-state index contributed by atoms with van der Waals surface area (Å²) in [6.07, 6.45) is 97.6. The highest BCUT2D eigenvalue weighted by atomic mass is 16.6. The number of esters is 3. The zero-order valence-corrected chi connectivity index (χ0v) is 50.3. The van der Waals surface area contributed by atoms with E-state index in [2.05, 4.69) is 203 Å². The number of hydrogen-bond donors (Lipinski definition) is 0. The van der Waals surface area contributed by atoms with Gasteiger partial charge in [-0.05, 0) is 135 Å². The molecule has 0 heterocycles. The van der Waals surface area contributed by atoms with E-state index in [-0.39, 0.29) is 44.0 Å². The maximum absolute atomic E-state index is 12.9. The summed E-state index contributed by atoms with van der Waals surface area (Å²) in [5.74, 6) is -1.04. The number of rotatable bonds is 54. The van der Waals surface area contributed by atoms with Crippen molar-refractivity contribution < 1.29 is 28.6 Å². The predicted octanol–water partition coefficient (Wildman–Crippen LogP) is 21.7. The Labute approximate surface area is 484 Å². The second-order valence-corrected chi connectivity index (χ2v) is 19.9. The van der Waals surface area contributed by atoms with Gasteiger partial charge in [-0.25, -0.2) is 0 Å². The minimum atomic E-state index is -0.834. The number of carbonyl (C=O) groups excluding carboxylic acids is 3. The summed E-state index contributed by atoms with van der Waals surface area (Å²) in [5, 5.41) is 0. The largest absolute Gasteiger partial charge is 0.462 e. The molecule has 0 aliphatic carbocycles. The monoisotopic (exact) mass is 1080 g/mol. The van der Waals surface area contributed by atoms with Crippen molar-refractivity contribution in [2.75, 3.05) is 13.2 Å². The molecule has 0 aromatic rings. The van der Waals surface area contributed by atoms with Crippen LogP contribution in [-0.4, -0.2) is 37.2 Å². The van der Waals surface area contributed by atoms with Crippen LogP contribution >= 0.6 is 0 Å². The molecule has 6 nitrogen and oxygen atoms in total. The lowest BCUT2D eigenvalue weighted by molar-refractivity contribution is -0.167. The van der Waals surface area contributed by atoms with Crippen molar-refractivity contribution in [3.63, 3.8) is 0 Å². The molecule has 0 N–H and O–H groups in total. The Morgan fingerprint density at radius 3 is 0.823 bits per heavy atom. The van der Waals surface area contributed by atoms with Crippen LogP contribution in [0.3, 0.4) is 0 Å². The van der Waals surface area contributed by atoms with Gasteiger partial charge in [-0.2, -0.15) is 0 Å². The molecule has 0 aliphatic rings. The fourth-order valence-electron chi connectivity index (χ4n) is 7.80. The van der Waals surface area contributed by atoms with Gasteiger partial charge < -0.3 is 14.2 Å². The van der Waals surface area contributed by atoms with Gasteiger partial charge in [0.15, 0.2) is 6.10 Å². The summed E-state index contributed by atoms with van der Waals surface area (Å²) in [6.45, 7) is 6.30. The second kappa shape index (κ2) is 65.0. The minimum Gasteiger partial charge on any atom is -0.462 e. The van der Waals surface area contributed by atoms with E-state index in [1.165, 1.54) is 51.4 Å². The maximum atomic E-state index is 12.9. The fraction of sp³-hybridized carbons (Fsp3) is 0.548. The summed E-state index contributed by atoms with van der Waals surface area (Å²) in [4.78, 5) is 38.2. The molecular weight excluding hydrogens is 973 g/mol. The number of ether oxygens (including phenoxy) is 3. The van der Waals surface area contributed by atoms with Crippen molar-refractivity contribution >= 4 is 17.9 Å². The van der Waals surface area contributed by atoms with Crippen molar-refractivity contribution in [1.82, 2.24) is 0 Å². The summed E-state index contributed by atoms with van der Waals surface area (Å²) < 4.78 is 16.8. The quantitative estimate of drug-likeness (QED) is 0.0261. The van der Waals surface area contributed by atoms with Gasteiger partial charge in [0.05, 0.1) is 0 Å². The third-order valence-corrected chi connectivity index (χ3v) is 12.4. The summed E-state index contributed by atoms with van der Waals surface area (Å²) in [5.41, 5.74) is 0. The van der Waals surface area contributed by atoms with Crippen LogP contribution in [0.5, 0.6) is 0 Å². The van der Waals surface area contributed by atoms with Crippen LogP contribution in [0.25, 0.3) is 0 Å². The number of carbonyl (C=O) groups is 3. The first kappa shape index (κ1) is 73.5. The SMILES string of the molecule is CC/C=C\C/C=C\C/C=C\C/C=C\C/C=C\C/C=C\C/C=C\C/C=C\C/C=C\CCCC(=O)OCC(COC(=O)CCCCCCCCCCCCC)OC(=O)CCCC/C=C\C/C=C\C/C=C\C/C=C\C/C=C\C/C=C\CC. The van der Waals surface area contributed by atoms with E-state index in [1.54, 1.807) is 0 Å². The van der Waals surface area contributed by atoms with E-state index >= 15 is 0 Å². The fourth-order valence-corrected chi connectivity index (χ4v) is 7.80. The Morgan fingerprint density at radius 1 is 0.266 bits per heavy atom. The molecule has 0 spiro atoms. The van der Waals surface area contributed by atoms with Gasteiger partial charge in [-0.1, -0.05) is 267 Å². The topological polar surface area (TPSA) is 78.9 Å². The van der Waals surface area contributed by atoms with Gasteiger partial charge >= 0.3 is 17.9 Å². The first-order valence-electron chi connectivity index (χ1n) is 31.3. The Bertz CT molecular complexity index is 1870. The molecule has 0 bridgehead atoms. The second-order valence-electron chi connectivity index (χ2n) is 19.9. The Hall–Kier alpha value is -5.49. The molecule has 0 aromatic carbocycles. The lowest BCUT2D eigenvalue weighted by Crippen LogP contribution is -2.30. The Kier molecular flexibility index (Phi) is 60.5. The van der Waals surface area contributed by atoms with E-state index in [9.17, 15) is 14.4 Å². The van der Waals surface area contributed by atoms with Crippen LogP contribution in [0.15, 0.2) is 182 Å². The molecule has 440 valence electrons. The van der Waals surface area contributed by atoms with Crippen LogP contribution in [0.4, 0.5) is 0 Å². The molecule has 0 saturated carbocycles. The lowest BCUT2D eigenvalue weighted by Gasteiger charge is -2.18. The van der Waals surface area contributed by atoms with E-state index < -0.39 is 6.10 Å². The van der Waals surface area contributed by atoms with Gasteiger partial charge in [-0.15, -0.1) is 0 Å². The molecule has 0 saturated heterocycles. The van der Waals surface area contributed by atoms with E-state index in [0.717, 1.165) is 135 Å². The van der Waals surface area contributed by atoms with Crippen LogP contribution < -0.4 is 0 Å². The summed E-state index contributed by atoms with van der Waals surface area (Å²) in [7, 11) is 0. The standard InChI is InChI=1S/C73H112O6/c1-4-7-10-13-16-19-22-24-26-28-30-32-33-34-35-36-37-38-39-41-42-44-46-48-51-54-57-60-63-66-72(75)78-69-70(68-77-71(74)65-62-59-56-53-50-21-18-15-12-9-6-3)79-73(76)67-64-61-58-55-52-49-47-45-43-40-31-29-27-25-23-20-17-14-11-8-5-2/h7-8,10-11,16-17,19-20,24-27,30-32,34-35,37-38,40-42,45-48,52,54-55,57,70H,4-6,9,12-15,18,21-23,28-29,33,36,39,43-44,49-51,53,56,58-69H2,1-3H3/b10-7-,11-8-,19-16-,20-17-,26-24-,27-25-,32-30-,35-34-,38-37-,40-31-,42-41-,47-45-,48-46-,55-52-,57-54-. The highest BCUT2D eigenvalue weighted by Crippen LogP contribution is 2.13. The van der Waals surface area contributed by atoms with Crippen LogP contribution in [0, 0.1) is 0 Å². The first-order chi connectivity index (χ1) is 39.0. The van der Waals surface area contributed by atoms with Crippen molar-refractivity contribution in [1.29, 1.82) is 0 Å². The number of allylic oxidation sites excluding steroid dienone is 30. The summed E-state index contributed by atoms with van der Waals surface area (Å²) in [6, 6.07) is 0. The predicted molar refractivity (Wildman–Crippen MR) is 343 cm³/mol. The van der Waals surface area contributed by atoms with Crippen LogP contribution in [-0.2, 0) is 28.6 Å². The zero-order chi connectivity index (χ0) is 57.1. The van der Waals surface area contributed by atoms with Gasteiger partial charge in [0.2, 0.25) is 0 Å². The lowest BCUT2D eigenvalue weighted by atomic mass is 10.1. The molecule has 1 unspecified atom stereocenters. The first-order valence-corrected chi connectivity index (χ1v) is 31.3. The van der Waals surface area contributed by atoms with Crippen LogP contribution in [0.1, 0.15) is 239 Å².